The van der Waals surface area contributed by atoms with Gasteiger partial charge in [-0.05, 0) is 53.0 Å². The van der Waals surface area contributed by atoms with Crippen LogP contribution < -0.4 is 10.1 Å². The average Bonchev–Trinajstić information content (AvgIpc) is 2.34. The molecule has 96 valence electrons. The van der Waals surface area contributed by atoms with Gasteiger partial charge in [-0.25, -0.2) is 0 Å². The van der Waals surface area contributed by atoms with Crippen molar-refractivity contribution in [3.05, 3.63) is 28.2 Å². The molecular formula is C13H19BrClNO. The highest BCUT2D eigenvalue weighted by Gasteiger charge is 2.00. The van der Waals surface area contributed by atoms with Crippen molar-refractivity contribution in [3.63, 3.8) is 0 Å². The van der Waals surface area contributed by atoms with Crippen molar-refractivity contribution < 1.29 is 4.74 Å². The lowest BCUT2D eigenvalue weighted by molar-refractivity contribution is 0.412. The van der Waals surface area contributed by atoms with Gasteiger partial charge in [-0.3, -0.25) is 0 Å². The quantitative estimate of drug-likeness (QED) is 0.578. The number of hydrogen-bond acceptors (Lipinski definition) is 2. The molecule has 4 heteroatoms. The lowest BCUT2D eigenvalue weighted by atomic mass is 10.2. The van der Waals surface area contributed by atoms with Gasteiger partial charge in [0.05, 0.1) is 11.6 Å². The Labute approximate surface area is 117 Å². The summed E-state index contributed by atoms with van der Waals surface area (Å²) in [6, 6.07) is 6.15. The number of unbranched alkanes of at least 4 members (excludes halogenated alkanes) is 2. The minimum Gasteiger partial charge on any atom is -0.496 e. The van der Waals surface area contributed by atoms with Crippen LogP contribution in [-0.4, -0.2) is 19.5 Å². The second kappa shape index (κ2) is 8.78. The smallest absolute Gasteiger partial charge is 0.133 e. The molecule has 17 heavy (non-hydrogen) atoms. The Morgan fingerprint density at radius 1 is 1.29 bits per heavy atom. The fourth-order valence-corrected chi connectivity index (χ4v) is 2.35. The maximum absolute atomic E-state index is 5.62. The van der Waals surface area contributed by atoms with Crippen LogP contribution in [0.1, 0.15) is 24.8 Å². The van der Waals surface area contributed by atoms with Crippen LogP contribution in [0.25, 0.3) is 0 Å². The molecule has 0 aliphatic heterocycles. The van der Waals surface area contributed by atoms with Gasteiger partial charge in [0, 0.05) is 12.4 Å². The van der Waals surface area contributed by atoms with Crippen LogP contribution in [0.4, 0.5) is 0 Å². The Kier molecular flexibility index (Phi) is 7.65. The molecular weight excluding hydrogens is 302 g/mol. The Morgan fingerprint density at radius 2 is 2.12 bits per heavy atom. The SMILES string of the molecule is COc1ccc(CNCCCCCCl)cc1Br. The fraction of sp³-hybridized carbons (Fsp3) is 0.538. The maximum atomic E-state index is 5.62. The molecule has 1 rings (SSSR count). The molecule has 0 radical (unpaired) electrons. The summed E-state index contributed by atoms with van der Waals surface area (Å²) in [5.41, 5.74) is 1.26. The third-order valence-corrected chi connectivity index (χ3v) is 3.42. The molecule has 0 saturated carbocycles. The van der Waals surface area contributed by atoms with E-state index in [4.69, 9.17) is 16.3 Å². The van der Waals surface area contributed by atoms with Crippen LogP contribution in [0.5, 0.6) is 5.75 Å². The van der Waals surface area contributed by atoms with Crippen molar-refractivity contribution in [2.75, 3.05) is 19.5 Å². The molecule has 0 aromatic heterocycles. The Morgan fingerprint density at radius 3 is 2.76 bits per heavy atom. The van der Waals surface area contributed by atoms with Crippen LogP contribution in [0.3, 0.4) is 0 Å². The van der Waals surface area contributed by atoms with Gasteiger partial charge in [0.25, 0.3) is 0 Å². The Balaban J connectivity index is 2.25. The van der Waals surface area contributed by atoms with E-state index in [1.165, 1.54) is 18.4 Å². The number of halogens is 2. The standard InChI is InChI=1S/C13H19BrClNO/c1-17-13-6-5-11(9-12(13)14)10-16-8-4-2-3-7-15/h5-6,9,16H,2-4,7-8,10H2,1H3. The molecule has 0 spiro atoms. The van der Waals surface area contributed by atoms with E-state index in [-0.39, 0.29) is 0 Å². The predicted molar refractivity (Wildman–Crippen MR) is 77.0 cm³/mol. The van der Waals surface area contributed by atoms with Crippen LogP contribution >= 0.6 is 27.5 Å². The first kappa shape index (κ1) is 14.8. The lowest BCUT2D eigenvalue weighted by Crippen LogP contribution is -2.14. The highest BCUT2D eigenvalue weighted by molar-refractivity contribution is 9.10. The fourth-order valence-electron chi connectivity index (χ4n) is 1.57. The number of rotatable bonds is 8. The van der Waals surface area contributed by atoms with Crippen LogP contribution in [0, 0.1) is 0 Å². The average molecular weight is 321 g/mol. The molecule has 1 N–H and O–H groups in total. The largest absolute Gasteiger partial charge is 0.496 e. The van der Waals surface area contributed by atoms with E-state index in [0.717, 1.165) is 35.6 Å². The van der Waals surface area contributed by atoms with Gasteiger partial charge < -0.3 is 10.1 Å². The normalized spacial score (nSPS) is 10.5. The zero-order valence-corrected chi connectivity index (χ0v) is 12.5. The number of alkyl halides is 1. The monoisotopic (exact) mass is 319 g/mol. The molecule has 0 amide bonds. The number of nitrogens with one attached hydrogen (secondary N) is 1. The second-order valence-corrected chi connectivity index (χ2v) is 5.13. The molecule has 1 aromatic carbocycles. The first-order chi connectivity index (χ1) is 8.27. The molecule has 2 nitrogen and oxygen atoms in total. The van der Waals surface area contributed by atoms with Gasteiger partial charge in [0.1, 0.15) is 5.75 Å². The third kappa shape index (κ3) is 5.75. The van der Waals surface area contributed by atoms with Gasteiger partial charge >= 0.3 is 0 Å². The number of methoxy groups -OCH3 is 1. The summed E-state index contributed by atoms with van der Waals surface area (Å²) >= 11 is 9.10. The summed E-state index contributed by atoms with van der Waals surface area (Å²) in [4.78, 5) is 0. The second-order valence-electron chi connectivity index (χ2n) is 3.90. The van der Waals surface area contributed by atoms with Gasteiger partial charge in [0.15, 0.2) is 0 Å². The van der Waals surface area contributed by atoms with E-state index in [1.54, 1.807) is 7.11 Å². The topological polar surface area (TPSA) is 21.3 Å². The molecule has 0 heterocycles. The van der Waals surface area contributed by atoms with E-state index in [2.05, 4.69) is 33.4 Å². The van der Waals surface area contributed by atoms with Crippen molar-refractivity contribution in [3.8, 4) is 5.75 Å². The predicted octanol–water partition coefficient (Wildman–Crippen LogP) is 3.96. The van der Waals surface area contributed by atoms with Gasteiger partial charge in [-0.2, -0.15) is 0 Å². The summed E-state index contributed by atoms with van der Waals surface area (Å²) < 4.78 is 6.19. The summed E-state index contributed by atoms with van der Waals surface area (Å²) in [6.07, 6.45) is 3.49. The van der Waals surface area contributed by atoms with Crippen molar-refractivity contribution in [2.45, 2.75) is 25.8 Å². The van der Waals surface area contributed by atoms with E-state index < -0.39 is 0 Å². The van der Waals surface area contributed by atoms with E-state index in [9.17, 15) is 0 Å². The highest BCUT2D eigenvalue weighted by Crippen LogP contribution is 2.25. The molecule has 0 aliphatic carbocycles. The van der Waals surface area contributed by atoms with E-state index in [1.807, 2.05) is 6.07 Å². The van der Waals surface area contributed by atoms with Crippen LogP contribution in [-0.2, 0) is 6.54 Å². The van der Waals surface area contributed by atoms with Crippen molar-refractivity contribution in [1.29, 1.82) is 0 Å². The maximum Gasteiger partial charge on any atom is 0.133 e. The first-order valence-electron chi connectivity index (χ1n) is 5.87. The Bertz CT molecular complexity index is 333. The summed E-state index contributed by atoms with van der Waals surface area (Å²) in [5, 5.41) is 3.42. The number of benzene rings is 1. The number of hydrogen-bond donors (Lipinski definition) is 1. The third-order valence-electron chi connectivity index (χ3n) is 2.53. The van der Waals surface area contributed by atoms with Crippen molar-refractivity contribution >= 4 is 27.5 Å². The molecule has 0 fully saturated rings. The van der Waals surface area contributed by atoms with Crippen LogP contribution in [0.2, 0.25) is 0 Å². The summed E-state index contributed by atoms with van der Waals surface area (Å²) in [5.74, 6) is 1.64. The molecule has 0 saturated heterocycles. The molecule has 0 atom stereocenters. The first-order valence-corrected chi connectivity index (χ1v) is 7.19. The molecule has 0 unspecified atom stereocenters. The zero-order valence-electron chi connectivity index (χ0n) is 10.1. The van der Waals surface area contributed by atoms with Crippen molar-refractivity contribution in [1.82, 2.24) is 5.32 Å². The van der Waals surface area contributed by atoms with Gasteiger partial charge in [-0.1, -0.05) is 12.5 Å². The molecule has 0 aliphatic rings. The van der Waals surface area contributed by atoms with E-state index >= 15 is 0 Å². The lowest BCUT2D eigenvalue weighted by Gasteiger charge is -2.07. The minimum atomic E-state index is 0.769. The van der Waals surface area contributed by atoms with Gasteiger partial charge in [0.2, 0.25) is 0 Å². The van der Waals surface area contributed by atoms with Gasteiger partial charge in [-0.15, -0.1) is 11.6 Å². The van der Waals surface area contributed by atoms with Crippen molar-refractivity contribution in [2.24, 2.45) is 0 Å². The molecule has 1 aromatic rings. The van der Waals surface area contributed by atoms with Crippen LogP contribution in [0.15, 0.2) is 22.7 Å². The summed E-state index contributed by atoms with van der Waals surface area (Å²) in [7, 11) is 1.68. The van der Waals surface area contributed by atoms with E-state index in [0.29, 0.717) is 0 Å². The minimum absolute atomic E-state index is 0.769. The zero-order chi connectivity index (χ0) is 12.5. The summed E-state index contributed by atoms with van der Waals surface area (Å²) in [6.45, 7) is 1.93. The Hall–Kier alpha value is -0.250. The highest BCUT2D eigenvalue weighted by atomic mass is 79.9. The number of ether oxygens (including phenoxy) is 1. The molecule has 0 bridgehead atoms.